The van der Waals surface area contributed by atoms with Crippen molar-refractivity contribution in [3.8, 4) is 55.6 Å². The number of anilines is 6. The minimum Gasteiger partial charge on any atom is -0.310 e. The van der Waals surface area contributed by atoms with Crippen molar-refractivity contribution >= 4 is 97.1 Å². The van der Waals surface area contributed by atoms with Crippen LogP contribution in [-0.2, 0) is 0 Å². The summed E-state index contributed by atoms with van der Waals surface area (Å²) in [6, 6.07) is 98.4. The number of para-hydroxylation sites is 2. The third kappa shape index (κ3) is 8.84. The molecule has 0 aliphatic heterocycles. The first-order valence-corrected chi connectivity index (χ1v) is 29.1. The van der Waals surface area contributed by atoms with Crippen LogP contribution in [0, 0.1) is 27.7 Å². The molecule has 0 aliphatic carbocycles. The molecular weight excluding hydrogens is 1000 g/mol. The molecule has 0 aliphatic rings. The normalized spacial score (nSPS) is 11.5. The van der Waals surface area contributed by atoms with Gasteiger partial charge in [-0.1, -0.05) is 170 Å². The number of benzene rings is 12. The largest absolute Gasteiger partial charge is 0.310 e. The fraction of sp³-hybridized carbons (Fsp3) is 0.0526. The zero-order chi connectivity index (χ0) is 53.8. The van der Waals surface area contributed by atoms with Gasteiger partial charge in [0.1, 0.15) is 0 Å². The second-order valence-electron chi connectivity index (χ2n) is 21.1. The molecule has 0 unspecified atom stereocenters. The lowest BCUT2D eigenvalue weighted by molar-refractivity contribution is 1.24. The predicted octanol–water partition coefficient (Wildman–Crippen LogP) is 22.9. The zero-order valence-corrected chi connectivity index (χ0v) is 46.7. The lowest BCUT2D eigenvalue weighted by atomic mass is 9.88. The van der Waals surface area contributed by atoms with E-state index >= 15 is 0 Å². The highest BCUT2D eigenvalue weighted by molar-refractivity contribution is 7.26. The topological polar surface area (TPSA) is 6.48 Å². The summed E-state index contributed by atoms with van der Waals surface area (Å²) in [5.41, 5.74) is 23.8. The molecule has 0 saturated heterocycles. The van der Waals surface area contributed by atoms with Crippen molar-refractivity contribution in [2.24, 2.45) is 0 Å². The van der Waals surface area contributed by atoms with Gasteiger partial charge in [-0.3, -0.25) is 0 Å². The Kier molecular flexibility index (Phi) is 12.5. The lowest BCUT2D eigenvalue weighted by Crippen LogP contribution is -2.13. The third-order valence-corrected chi connectivity index (χ3v) is 18.2. The molecule has 80 heavy (non-hydrogen) atoms. The van der Waals surface area contributed by atoms with Gasteiger partial charge in [-0.05, 0) is 192 Å². The van der Waals surface area contributed by atoms with Gasteiger partial charge in [0, 0.05) is 74.2 Å². The predicted molar refractivity (Wildman–Crippen MR) is 348 cm³/mol. The number of thiophene rings is 2. The van der Waals surface area contributed by atoms with Crippen molar-refractivity contribution in [1.29, 1.82) is 0 Å². The van der Waals surface area contributed by atoms with Gasteiger partial charge in [0.25, 0.3) is 0 Å². The fourth-order valence-electron chi connectivity index (χ4n) is 12.3. The van der Waals surface area contributed by atoms with E-state index in [1.54, 1.807) is 0 Å². The van der Waals surface area contributed by atoms with Crippen molar-refractivity contribution in [3.63, 3.8) is 0 Å². The molecule has 0 amide bonds. The van der Waals surface area contributed by atoms with Gasteiger partial charge in [0.2, 0.25) is 0 Å². The van der Waals surface area contributed by atoms with Crippen LogP contribution in [0.1, 0.15) is 22.3 Å². The van der Waals surface area contributed by atoms with E-state index in [9.17, 15) is 0 Å². The number of nitrogens with zero attached hydrogens (tertiary/aromatic N) is 2. The van der Waals surface area contributed by atoms with E-state index in [1.807, 2.05) is 22.7 Å². The van der Waals surface area contributed by atoms with E-state index in [-0.39, 0.29) is 0 Å². The molecule has 0 atom stereocenters. The van der Waals surface area contributed by atoms with E-state index in [2.05, 4.69) is 304 Å². The number of fused-ring (bicyclic) bond motifs is 6. The highest BCUT2D eigenvalue weighted by Gasteiger charge is 2.25. The van der Waals surface area contributed by atoms with Crippen molar-refractivity contribution < 1.29 is 0 Å². The zero-order valence-electron chi connectivity index (χ0n) is 45.1. The van der Waals surface area contributed by atoms with Gasteiger partial charge in [0.15, 0.2) is 0 Å². The molecule has 0 fully saturated rings. The van der Waals surface area contributed by atoms with Gasteiger partial charge >= 0.3 is 0 Å². The van der Waals surface area contributed by atoms with Gasteiger partial charge in [-0.15, -0.1) is 22.7 Å². The van der Waals surface area contributed by atoms with E-state index in [0.717, 1.165) is 34.1 Å². The first-order valence-electron chi connectivity index (χ1n) is 27.5. The second kappa shape index (κ2) is 20.5. The molecule has 0 bridgehead atoms. The SMILES string of the molecule is Cc1cc(N(c2ccc3sc4ccc(-c5ccccc5)cc4c3c2)c2ccccc2-c2ccccc2)cc(C)c1-c1c(C)cc(N(c2ccc3sc4ccc(-c5ccccc5)cc4c3c2)c2ccccc2-c2ccccc2)cc1C. The van der Waals surface area contributed by atoms with Crippen LogP contribution in [0.25, 0.3) is 96.0 Å². The van der Waals surface area contributed by atoms with Crippen LogP contribution in [0.3, 0.4) is 0 Å². The Morgan fingerprint density at radius 3 is 0.900 bits per heavy atom. The van der Waals surface area contributed by atoms with Crippen molar-refractivity contribution in [2.45, 2.75) is 27.7 Å². The average molecular weight is 1060 g/mol. The van der Waals surface area contributed by atoms with Crippen LogP contribution in [0.2, 0.25) is 0 Å². The number of aryl methyl sites for hydroxylation is 4. The Balaban J connectivity index is 0.909. The monoisotopic (exact) mass is 1060 g/mol. The summed E-state index contributed by atoms with van der Waals surface area (Å²) in [6.07, 6.45) is 0. The molecule has 0 N–H and O–H groups in total. The molecule has 14 aromatic rings. The van der Waals surface area contributed by atoms with Crippen molar-refractivity contribution in [3.05, 3.63) is 289 Å². The minimum absolute atomic E-state index is 1.12. The molecule has 2 nitrogen and oxygen atoms in total. The maximum atomic E-state index is 2.48. The Bertz CT molecular complexity index is 4290. The Morgan fingerprint density at radius 2 is 0.537 bits per heavy atom. The maximum Gasteiger partial charge on any atom is 0.0540 e. The van der Waals surface area contributed by atoms with Gasteiger partial charge in [-0.25, -0.2) is 0 Å². The Morgan fingerprint density at radius 1 is 0.237 bits per heavy atom. The smallest absolute Gasteiger partial charge is 0.0540 e. The van der Waals surface area contributed by atoms with Crippen molar-refractivity contribution in [2.75, 3.05) is 9.80 Å². The summed E-state index contributed by atoms with van der Waals surface area (Å²) < 4.78 is 5.14. The number of hydrogen-bond acceptors (Lipinski definition) is 4. The number of hydrogen-bond donors (Lipinski definition) is 0. The molecule has 382 valence electrons. The Labute approximate surface area is 476 Å². The molecule has 0 saturated carbocycles. The summed E-state index contributed by atoms with van der Waals surface area (Å²) in [6.45, 7) is 9.19. The minimum atomic E-state index is 1.12. The molecule has 2 aromatic heterocycles. The van der Waals surface area contributed by atoms with Crippen LogP contribution in [0.4, 0.5) is 34.1 Å². The first kappa shape index (κ1) is 49.0. The van der Waals surface area contributed by atoms with Gasteiger partial charge in [0.05, 0.1) is 11.4 Å². The standard InChI is InChI=1S/C76H56N2S2/c1-49-41-61(77(69-31-19-17-29-63(69)55-25-13-7-14-26-55)59-35-39-73-67(47-59)65-45-57(33-37-71(65)79-73)53-21-9-5-10-22-53)42-50(2)75(49)76-51(3)43-62(44-52(76)4)78(70-32-20-18-30-64(70)56-27-15-8-16-28-56)60-36-40-74-68(48-60)66-46-58(34-38-72(66)80-74)54-23-11-6-12-24-54/h5-48H,1-4H3. The van der Waals surface area contributed by atoms with Crippen LogP contribution in [-0.4, -0.2) is 0 Å². The third-order valence-electron chi connectivity index (χ3n) is 15.9. The van der Waals surface area contributed by atoms with Gasteiger partial charge in [-0.2, -0.15) is 0 Å². The molecule has 4 heteroatoms. The highest BCUT2D eigenvalue weighted by atomic mass is 32.1. The summed E-state index contributed by atoms with van der Waals surface area (Å²) >= 11 is 3.73. The van der Waals surface area contributed by atoms with Crippen LogP contribution < -0.4 is 9.80 Å². The number of rotatable bonds is 11. The lowest BCUT2D eigenvalue weighted by Gasteiger charge is -2.30. The first-order chi connectivity index (χ1) is 39.3. The summed E-state index contributed by atoms with van der Waals surface area (Å²) in [5.74, 6) is 0. The van der Waals surface area contributed by atoms with E-state index in [4.69, 9.17) is 0 Å². The maximum absolute atomic E-state index is 2.48. The molecule has 12 aromatic carbocycles. The molecule has 2 heterocycles. The van der Waals surface area contributed by atoms with Crippen molar-refractivity contribution in [1.82, 2.24) is 0 Å². The van der Waals surface area contributed by atoms with Crippen LogP contribution in [0.15, 0.2) is 267 Å². The van der Waals surface area contributed by atoms with E-state index in [0.29, 0.717) is 0 Å². The van der Waals surface area contributed by atoms with E-state index in [1.165, 1.54) is 118 Å². The summed E-state index contributed by atoms with van der Waals surface area (Å²) in [5, 5.41) is 5.09. The fourth-order valence-corrected chi connectivity index (χ4v) is 14.4. The molecular formula is C76H56N2S2. The summed E-state index contributed by atoms with van der Waals surface area (Å²) in [4.78, 5) is 4.97. The van der Waals surface area contributed by atoms with Gasteiger partial charge < -0.3 is 9.80 Å². The Hall–Kier alpha value is -9.32. The average Bonchev–Trinajstić information content (AvgIpc) is 4.08. The van der Waals surface area contributed by atoms with E-state index < -0.39 is 0 Å². The quantitative estimate of drug-likeness (QED) is 0.127. The molecule has 14 rings (SSSR count). The van der Waals surface area contributed by atoms with Crippen LogP contribution in [0.5, 0.6) is 0 Å². The molecule has 0 radical (unpaired) electrons. The highest BCUT2D eigenvalue weighted by Crippen LogP contribution is 2.49. The second-order valence-corrected chi connectivity index (χ2v) is 23.2. The van der Waals surface area contributed by atoms with Crippen LogP contribution >= 0.6 is 22.7 Å². The summed E-state index contributed by atoms with van der Waals surface area (Å²) in [7, 11) is 0. The molecule has 0 spiro atoms.